The van der Waals surface area contributed by atoms with Crippen LogP contribution in [0.15, 0.2) is 16.9 Å². The van der Waals surface area contributed by atoms with Crippen LogP contribution in [0.1, 0.15) is 40.5 Å². The molecule has 4 heteroatoms. The lowest BCUT2D eigenvalue weighted by Gasteiger charge is -2.24. The van der Waals surface area contributed by atoms with Crippen LogP contribution in [-0.2, 0) is 0 Å². The third-order valence-corrected chi connectivity index (χ3v) is 3.25. The largest absolute Gasteiger partial charge is 0.341 e. The molecule has 18 heavy (non-hydrogen) atoms. The zero-order valence-electron chi connectivity index (χ0n) is 11.9. The van der Waals surface area contributed by atoms with Gasteiger partial charge in [0.2, 0.25) is 5.95 Å². The first-order valence-electron chi connectivity index (χ1n) is 6.71. The molecule has 0 radical (unpaired) electrons. The van der Waals surface area contributed by atoms with Gasteiger partial charge in [-0.3, -0.25) is 0 Å². The van der Waals surface area contributed by atoms with E-state index in [1.54, 1.807) is 0 Å². The van der Waals surface area contributed by atoms with Crippen molar-refractivity contribution in [2.24, 2.45) is 11.8 Å². The summed E-state index contributed by atoms with van der Waals surface area (Å²) >= 11 is 3.38. The monoisotopic (exact) mass is 313 g/mol. The van der Waals surface area contributed by atoms with Gasteiger partial charge in [0.05, 0.1) is 4.47 Å². The highest BCUT2D eigenvalue weighted by Crippen LogP contribution is 2.14. The van der Waals surface area contributed by atoms with E-state index in [2.05, 4.69) is 58.5 Å². The van der Waals surface area contributed by atoms with Gasteiger partial charge in [0.15, 0.2) is 0 Å². The lowest BCUT2D eigenvalue weighted by atomic mass is 10.1. The maximum atomic E-state index is 4.40. The number of nitrogens with zero attached hydrogens (tertiary/aromatic N) is 3. The van der Waals surface area contributed by atoms with E-state index in [1.807, 2.05) is 12.4 Å². The smallest absolute Gasteiger partial charge is 0.225 e. The summed E-state index contributed by atoms with van der Waals surface area (Å²) in [5.74, 6) is 2.27. The van der Waals surface area contributed by atoms with E-state index in [9.17, 15) is 0 Å². The fourth-order valence-corrected chi connectivity index (χ4v) is 1.81. The van der Waals surface area contributed by atoms with Crippen LogP contribution in [0.25, 0.3) is 0 Å². The second-order valence-electron chi connectivity index (χ2n) is 5.55. The number of anilines is 1. The Bertz CT molecular complexity index is 323. The molecule has 0 bridgehead atoms. The number of rotatable bonds is 7. The molecule has 0 saturated carbocycles. The topological polar surface area (TPSA) is 29.0 Å². The summed E-state index contributed by atoms with van der Waals surface area (Å²) < 4.78 is 0.930. The van der Waals surface area contributed by atoms with Crippen molar-refractivity contribution in [3.8, 4) is 0 Å². The van der Waals surface area contributed by atoms with E-state index in [1.165, 1.54) is 12.8 Å². The van der Waals surface area contributed by atoms with Gasteiger partial charge in [-0.2, -0.15) is 0 Å². The second-order valence-corrected chi connectivity index (χ2v) is 6.47. The summed E-state index contributed by atoms with van der Waals surface area (Å²) in [7, 11) is 0. The number of hydrogen-bond donors (Lipinski definition) is 0. The molecular formula is C14H24BrN3. The lowest BCUT2D eigenvalue weighted by molar-refractivity contribution is 0.530. The maximum Gasteiger partial charge on any atom is 0.225 e. The summed E-state index contributed by atoms with van der Waals surface area (Å²) in [6, 6.07) is 0. The Hall–Kier alpha value is -0.640. The van der Waals surface area contributed by atoms with E-state index in [-0.39, 0.29) is 0 Å². The minimum Gasteiger partial charge on any atom is -0.341 e. The zero-order chi connectivity index (χ0) is 13.5. The van der Waals surface area contributed by atoms with Crippen molar-refractivity contribution < 1.29 is 0 Å². The maximum absolute atomic E-state index is 4.40. The number of hydrogen-bond acceptors (Lipinski definition) is 3. The van der Waals surface area contributed by atoms with E-state index in [0.29, 0.717) is 11.8 Å². The molecule has 1 aromatic rings. The van der Waals surface area contributed by atoms with Crippen LogP contribution < -0.4 is 4.90 Å². The zero-order valence-corrected chi connectivity index (χ0v) is 13.4. The van der Waals surface area contributed by atoms with Crippen molar-refractivity contribution in [3.05, 3.63) is 16.9 Å². The summed E-state index contributed by atoms with van der Waals surface area (Å²) in [6.07, 6.45) is 6.00. The normalized spacial score (nSPS) is 11.3. The van der Waals surface area contributed by atoms with Crippen LogP contribution in [-0.4, -0.2) is 23.1 Å². The van der Waals surface area contributed by atoms with Gasteiger partial charge in [0, 0.05) is 25.5 Å². The average molecular weight is 314 g/mol. The quantitative estimate of drug-likeness (QED) is 0.757. The SMILES string of the molecule is CC(C)CCN(CCC(C)C)c1ncc(Br)cn1. The van der Waals surface area contributed by atoms with Crippen LogP contribution in [0.3, 0.4) is 0 Å². The first-order chi connectivity index (χ1) is 8.49. The van der Waals surface area contributed by atoms with Crippen molar-refractivity contribution in [1.29, 1.82) is 0 Å². The summed E-state index contributed by atoms with van der Waals surface area (Å²) in [5, 5.41) is 0. The van der Waals surface area contributed by atoms with Crippen molar-refractivity contribution in [2.45, 2.75) is 40.5 Å². The van der Waals surface area contributed by atoms with E-state index in [4.69, 9.17) is 0 Å². The summed E-state index contributed by atoms with van der Waals surface area (Å²) in [4.78, 5) is 11.1. The van der Waals surface area contributed by atoms with Gasteiger partial charge in [0.1, 0.15) is 0 Å². The molecule has 0 aliphatic carbocycles. The Morgan fingerprint density at radius 2 is 1.44 bits per heavy atom. The fraction of sp³-hybridized carbons (Fsp3) is 0.714. The first kappa shape index (κ1) is 15.4. The van der Waals surface area contributed by atoms with E-state index >= 15 is 0 Å². The molecule has 0 amide bonds. The summed E-state index contributed by atoms with van der Waals surface area (Å²) in [5.41, 5.74) is 0. The van der Waals surface area contributed by atoms with E-state index in [0.717, 1.165) is 23.5 Å². The first-order valence-corrected chi connectivity index (χ1v) is 7.50. The molecule has 102 valence electrons. The molecule has 0 unspecified atom stereocenters. The second kappa shape index (κ2) is 7.72. The molecule has 0 atom stereocenters. The van der Waals surface area contributed by atoms with Gasteiger partial charge in [-0.1, -0.05) is 27.7 Å². The summed E-state index contributed by atoms with van der Waals surface area (Å²) in [6.45, 7) is 11.1. The predicted molar refractivity (Wildman–Crippen MR) is 80.9 cm³/mol. The minimum absolute atomic E-state index is 0.710. The molecule has 3 nitrogen and oxygen atoms in total. The highest BCUT2D eigenvalue weighted by atomic mass is 79.9. The van der Waals surface area contributed by atoms with Gasteiger partial charge in [0.25, 0.3) is 0 Å². The third kappa shape index (κ3) is 5.80. The van der Waals surface area contributed by atoms with Gasteiger partial charge >= 0.3 is 0 Å². The van der Waals surface area contributed by atoms with Gasteiger partial charge < -0.3 is 4.90 Å². The fourth-order valence-electron chi connectivity index (χ4n) is 1.61. The Morgan fingerprint density at radius 3 is 1.83 bits per heavy atom. The minimum atomic E-state index is 0.710. The highest BCUT2D eigenvalue weighted by molar-refractivity contribution is 9.10. The van der Waals surface area contributed by atoms with Crippen LogP contribution in [0.5, 0.6) is 0 Å². The average Bonchev–Trinajstić information content (AvgIpc) is 2.30. The molecule has 1 rings (SSSR count). The molecule has 0 spiro atoms. The Labute approximate surface area is 119 Å². The van der Waals surface area contributed by atoms with Crippen LogP contribution in [0, 0.1) is 11.8 Å². The Morgan fingerprint density at radius 1 is 1.00 bits per heavy atom. The molecule has 0 aromatic carbocycles. The van der Waals surface area contributed by atoms with Crippen LogP contribution in [0.2, 0.25) is 0 Å². The Kier molecular flexibility index (Phi) is 6.61. The molecule has 0 fully saturated rings. The van der Waals surface area contributed by atoms with Crippen molar-refractivity contribution in [2.75, 3.05) is 18.0 Å². The molecule has 0 aliphatic rings. The van der Waals surface area contributed by atoms with E-state index < -0.39 is 0 Å². The lowest BCUT2D eigenvalue weighted by Crippen LogP contribution is -2.29. The predicted octanol–water partition coefficient (Wildman–Crippen LogP) is 4.14. The Balaban J connectivity index is 2.66. The molecule has 0 aliphatic heterocycles. The molecule has 1 aromatic heterocycles. The van der Waals surface area contributed by atoms with Crippen LogP contribution >= 0.6 is 15.9 Å². The van der Waals surface area contributed by atoms with Crippen molar-refractivity contribution in [3.63, 3.8) is 0 Å². The van der Waals surface area contributed by atoms with Crippen molar-refractivity contribution >= 4 is 21.9 Å². The third-order valence-electron chi connectivity index (χ3n) is 2.84. The molecular weight excluding hydrogens is 290 g/mol. The molecule has 0 saturated heterocycles. The molecule has 1 heterocycles. The highest BCUT2D eigenvalue weighted by Gasteiger charge is 2.10. The number of aromatic nitrogens is 2. The van der Waals surface area contributed by atoms with Gasteiger partial charge in [-0.05, 0) is 40.6 Å². The van der Waals surface area contributed by atoms with Gasteiger partial charge in [-0.25, -0.2) is 9.97 Å². The number of halogens is 1. The van der Waals surface area contributed by atoms with Crippen LogP contribution in [0.4, 0.5) is 5.95 Å². The van der Waals surface area contributed by atoms with Crippen molar-refractivity contribution in [1.82, 2.24) is 9.97 Å². The molecule has 0 N–H and O–H groups in total. The standard InChI is InChI=1S/C14H24BrN3/c1-11(2)5-7-18(8-6-12(3)4)14-16-9-13(15)10-17-14/h9-12H,5-8H2,1-4H3. The van der Waals surface area contributed by atoms with Gasteiger partial charge in [-0.15, -0.1) is 0 Å².